The van der Waals surface area contributed by atoms with E-state index in [1.807, 2.05) is 0 Å². The molecule has 0 radical (unpaired) electrons. The lowest BCUT2D eigenvalue weighted by atomic mass is 10.1. The molecule has 0 unspecified atom stereocenters. The molecule has 0 saturated heterocycles. The largest absolute Gasteiger partial charge is 0.406 e. The van der Waals surface area contributed by atoms with E-state index < -0.39 is 30.0 Å². The number of rotatable bonds is 3. The van der Waals surface area contributed by atoms with Crippen molar-refractivity contribution < 1.29 is 22.4 Å². The molecule has 0 fully saturated rings. The monoisotopic (exact) mass is 302 g/mol. The van der Waals surface area contributed by atoms with E-state index in [4.69, 9.17) is 5.73 Å². The smallest absolute Gasteiger partial charge is 0.330 e. The molecule has 0 spiro atoms. The molecule has 1 amide bonds. The lowest BCUT2D eigenvalue weighted by Crippen LogP contribution is -2.39. The van der Waals surface area contributed by atoms with Crippen molar-refractivity contribution >= 4 is 5.91 Å². The first-order chi connectivity index (χ1) is 9.78. The lowest BCUT2D eigenvalue weighted by Gasteiger charge is -2.22. The minimum absolute atomic E-state index is 0.0947. The van der Waals surface area contributed by atoms with Crippen LogP contribution in [0.15, 0.2) is 18.2 Å². The van der Waals surface area contributed by atoms with Crippen LogP contribution in [0.2, 0.25) is 0 Å². The number of carbonyl (C=O) groups is 1. The van der Waals surface area contributed by atoms with Crippen molar-refractivity contribution in [2.24, 2.45) is 5.73 Å². The summed E-state index contributed by atoms with van der Waals surface area (Å²) in [5.74, 6) is 3.16. The number of nitrogens with zero attached hydrogens (tertiary/aromatic N) is 1. The Labute approximate surface area is 119 Å². The molecule has 1 aromatic rings. The maximum Gasteiger partial charge on any atom is 0.406 e. The summed E-state index contributed by atoms with van der Waals surface area (Å²) in [6, 6.07) is 3.48. The van der Waals surface area contributed by atoms with Gasteiger partial charge in [0.2, 0.25) is 0 Å². The molecule has 114 valence electrons. The van der Waals surface area contributed by atoms with Gasteiger partial charge in [-0.2, -0.15) is 13.2 Å². The number of carbonyl (C=O) groups excluding carboxylic acids is 1. The highest BCUT2D eigenvalue weighted by molar-refractivity contribution is 5.94. The van der Waals surface area contributed by atoms with Gasteiger partial charge < -0.3 is 10.6 Å². The van der Waals surface area contributed by atoms with Crippen LogP contribution in [0.4, 0.5) is 17.6 Å². The highest BCUT2D eigenvalue weighted by atomic mass is 19.4. The molecule has 0 saturated carbocycles. The second kappa shape index (κ2) is 7.09. The van der Waals surface area contributed by atoms with E-state index in [-0.39, 0.29) is 13.1 Å². The fraction of sp³-hybridized carbons (Fsp3) is 0.357. The van der Waals surface area contributed by atoms with Gasteiger partial charge in [-0.05, 0) is 25.1 Å². The third-order valence-corrected chi connectivity index (χ3v) is 2.57. The van der Waals surface area contributed by atoms with Crippen LogP contribution < -0.4 is 5.73 Å². The molecular formula is C14H14F4N2O. The fourth-order valence-corrected chi connectivity index (χ4v) is 1.63. The summed E-state index contributed by atoms with van der Waals surface area (Å²) in [5.41, 5.74) is 5.06. The molecule has 0 atom stereocenters. The molecule has 0 heterocycles. The number of halogens is 4. The Hall–Kier alpha value is -2.07. The second-order valence-electron chi connectivity index (χ2n) is 4.14. The summed E-state index contributed by atoms with van der Waals surface area (Å²) >= 11 is 0. The maximum atomic E-state index is 13.8. The van der Waals surface area contributed by atoms with E-state index in [2.05, 4.69) is 11.8 Å². The van der Waals surface area contributed by atoms with E-state index in [0.29, 0.717) is 10.5 Å². The Morgan fingerprint density at radius 3 is 2.52 bits per heavy atom. The number of amides is 1. The van der Waals surface area contributed by atoms with Gasteiger partial charge in [-0.1, -0.05) is 11.8 Å². The third kappa shape index (κ3) is 5.08. The van der Waals surface area contributed by atoms with Crippen molar-refractivity contribution in [1.29, 1.82) is 0 Å². The Kier molecular flexibility index (Phi) is 5.73. The maximum absolute atomic E-state index is 13.8. The fourth-order valence-electron chi connectivity index (χ4n) is 1.63. The van der Waals surface area contributed by atoms with Gasteiger partial charge in [-0.3, -0.25) is 4.79 Å². The summed E-state index contributed by atoms with van der Waals surface area (Å²) in [7, 11) is 0. The quantitative estimate of drug-likeness (QED) is 0.687. The van der Waals surface area contributed by atoms with Crippen molar-refractivity contribution in [3.05, 3.63) is 35.1 Å². The van der Waals surface area contributed by atoms with E-state index in [1.54, 1.807) is 0 Å². The van der Waals surface area contributed by atoms with Gasteiger partial charge in [0.25, 0.3) is 5.91 Å². The minimum atomic E-state index is -4.53. The van der Waals surface area contributed by atoms with Crippen LogP contribution in [0.5, 0.6) is 0 Å². The topological polar surface area (TPSA) is 46.3 Å². The summed E-state index contributed by atoms with van der Waals surface area (Å²) in [4.78, 5) is 12.5. The zero-order chi connectivity index (χ0) is 16.0. The molecular weight excluding hydrogens is 288 g/mol. The first kappa shape index (κ1) is 17.0. The molecule has 7 heteroatoms. The SMILES string of the molecule is CCN(CC(F)(F)F)C(=O)c1ccc(C#CCN)cc1F. The van der Waals surface area contributed by atoms with Crippen LogP contribution in [0.25, 0.3) is 0 Å². The Balaban J connectivity index is 3.01. The van der Waals surface area contributed by atoms with E-state index >= 15 is 0 Å². The Bertz CT molecular complexity index is 573. The zero-order valence-corrected chi connectivity index (χ0v) is 11.3. The van der Waals surface area contributed by atoms with Crippen molar-refractivity contribution in [2.75, 3.05) is 19.6 Å². The van der Waals surface area contributed by atoms with Gasteiger partial charge in [0, 0.05) is 12.1 Å². The van der Waals surface area contributed by atoms with Crippen molar-refractivity contribution in [3.63, 3.8) is 0 Å². The van der Waals surface area contributed by atoms with Gasteiger partial charge in [0.15, 0.2) is 0 Å². The van der Waals surface area contributed by atoms with Gasteiger partial charge in [0.05, 0.1) is 12.1 Å². The predicted molar refractivity (Wildman–Crippen MR) is 70.0 cm³/mol. The normalized spacial score (nSPS) is 10.8. The van der Waals surface area contributed by atoms with E-state index in [9.17, 15) is 22.4 Å². The molecule has 0 bridgehead atoms. The third-order valence-electron chi connectivity index (χ3n) is 2.57. The molecule has 0 aliphatic heterocycles. The zero-order valence-electron chi connectivity index (χ0n) is 11.3. The van der Waals surface area contributed by atoms with Crippen LogP contribution in [-0.4, -0.2) is 36.6 Å². The molecule has 2 N–H and O–H groups in total. The van der Waals surface area contributed by atoms with Gasteiger partial charge in [-0.25, -0.2) is 4.39 Å². The molecule has 1 aromatic carbocycles. The summed E-state index contributed by atoms with van der Waals surface area (Å²) in [6.45, 7) is -0.108. The number of nitrogens with two attached hydrogens (primary N) is 1. The standard InChI is InChI=1S/C14H14F4N2O/c1-2-20(9-14(16,17)18)13(21)11-6-5-10(4-3-7-19)8-12(11)15/h5-6,8H,2,7,9,19H2,1H3. The highest BCUT2D eigenvalue weighted by Gasteiger charge is 2.33. The van der Waals surface area contributed by atoms with E-state index in [1.165, 1.54) is 13.0 Å². The van der Waals surface area contributed by atoms with Gasteiger partial charge in [0.1, 0.15) is 12.4 Å². The van der Waals surface area contributed by atoms with E-state index in [0.717, 1.165) is 12.1 Å². The van der Waals surface area contributed by atoms with Crippen LogP contribution in [0.1, 0.15) is 22.8 Å². The molecule has 3 nitrogen and oxygen atoms in total. The van der Waals surface area contributed by atoms with Crippen molar-refractivity contribution in [2.45, 2.75) is 13.1 Å². The molecule has 1 rings (SSSR count). The first-order valence-electron chi connectivity index (χ1n) is 6.13. The number of benzene rings is 1. The molecule has 21 heavy (non-hydrogen) atoms. The Morgan fingerprint density at radius 2 is 2.05 bits per heavy atom. The van der Waals surface area contributed by atoms with Gasteiger partial charge in [-0.15, -0.1) is 0 Å². The van der Waals surface area contributed by atoms with Crippen molar-refractivity contribution in [1.82, 2.24) is 4.90 Å². The summed E-state index contributed by atoms with van der Waals surface area (Å²) < 4.78 is 50.9. The summed E-state index contributed by atoms with van der Waals surface area (Å²) in [5, 5.41) is 0. The first-order valence-corrected chi connectivity index (χ1v) is 6.13. The van der Waals surface area contributed by atoms with Gasteiger partial charge >= 0.3 is 6.18 Å². The second-order valence-corrected chi connectivity index (χ2v) is 4.14. The minimum Gasteiger partial charge on any atom is -0.330 e. The highest BCUT2D eigenvalue weighted by Crippen LogP contribution is 2.19. The van der Waals surface area contributed by atoms with Crippen LogP contribution in [0, 0.1) is 17.7 Å². The number of hydrogen-bond donors (Lipinski definition) is 1. The lowest BCUT2D eigenvalue weighted by molar-refractivity contribution is -0.140. The average Bonchev–Trinajstić information content (AvgIpc) is 2.41. The number of alkyl halides is 3. The number of hydrogen-bond acceptors (Lipinski definition) is 2. The van der Waals surface area contributed by atoms with Crippen LogP contribution in [0.3, 0.4) is 0 Å². The molecule has 0 aliphatic carbocycles. The molecule has 0 aliphatic rings. The average molecular weight is 302 g/mol. The van der Waals surface area contributed by atoms with Crippen molar-refractivity contribution in [3.8, 4) is 11.8 Å². The Morgan fingerprint density at radius 1 is 1.38 bits per heavy atom. The summed E-state index contributed by atoms with van der Waals surface area (Å²) in [6.07, 6.45) is -4.53. The molecule has 0 aromatic heterocycles. The van der Waals surface area contributed by atoms with Crippen LogP contribution in [-0.2, 0) is 0 Å². The predicted octanol–water partition coefficient (Wildman–Crippen LogP) is 2.16. The van der Waals surface area contributed by atoms with Crippen LogP contribution >= 0.6 is 0 Å².